The van der Waals surface area contributed by atoms with Gasteiger partial charge in [0.1, 0.15) is 0 Å². The molecule has 0 spiro atoms. The smallest absolute Gasteiger partial charge is 0.213 e. The Bertz CT molecular complexity index is 534. The molecular formula is C18H28N4O. The fourth-order valence-electron chi connectivity index (χ4n) is 2.86. The number of hydrogen-bond acceptors (Lipinski definition) is 3. The highest BCUT2D eigenvalue weighted by atomic mass is 16.5. The van der Waals surface area contributed by atoms with Crippen molar-refractivity contribution in [2.75, 3.05) is 26.7 Å². The summed E-state index contributed by atoms with van der Waals surface area (Å²) in [7, 11) is 1.86. The van der Waals surface area contributed by atoms with Gasteiger partial charge in [0.05, 0.1) is 6.61 Å². The van der Waals surface area contributed by atoms with Crippen molar-refractivity contribution < 1.29 is 4.74 Å². The molecule has 0 atom stereocenters. The van der Waals surface area contributed by atoms with Crippen LogP contribution in [0.5, 0.6) is 5.88 Å². The predicted octanol–water partition coefficient (Wildman–Crippen LogP) is 2.68. The second-order valence-electron chi connectivity index (χ2n) is 6.83. The van der Waals surface area contributed by atoms with Crippen molar-refractivity contribution in [3.05, 3.63) is 23.9 Å². The summed E-state index contributed by atoms with van der Waals surface area (Å²) in [6.07, 6.45) is 6.91. The molecule has 1 aliphatic carbocycles. The molecule has 0 aromatic carbocycles. The Labute approximate surface area is 139 Å². The third-order valence-corrected chi connectivity index (χ3v) is 4.71. The molecule has 23 heavy (non-hydrogen) atoms. The zero-order valence-electron chi connectivity index (χ0n) is 14.3. The summed E-state index contributed by atoms with van der Waals surface area (Å²) in [5.74, 6) is 3.31. The van der Waals surface area contributed by atoms with Crippen LogP contribution in [0.1, 0.15) is 38.2 Å². The van der Waals surface area contributed by atoms with Crippen LogP contribution in [0, 0.1) is 11.8 Å². The Hall–Kier alpha value is -1.78. The fourth-order valence-corrected chi connectivity index (χ4v) is 2.86. The Balaban J connectivity index is 1.50. The molecule has 5 heteroatoms. The van der Waals surface area contributed by atoms with Gasteiger partial charge in [-0.05, 0) is 49.1 Å². The first-order valence-corrected chi connectivity index (χ1v) is 8.78. The normalized spacial score (nSPS) is 19.7. The van der Waals surface area contributed by atoms with E-state index >= 15 is 0 Å². The Morgan fingerprint density at radius 3 is 2.83 bits per heavy atom. The van der Waals surface area contributed by atoms with E-state index in [1.54, 1.807) is 0 Å². The van der Waals surface area contributed by atoms with Crippen LogP contribution in [0.2, 0.25) is 0 Å². The average molecular weight is 316 g/mol. The number of rotatable bonds is 5. The summed E-state index contributed by atoms with van der Waals surface area (Å²) in [4.78, 5) is 11.1. The molecule has 0 unspecified atom stereocenters. The molecule has 5 nitrogen and oxygen atoms in total. The van der Waals surface area contributed by atoms with E-state index in [4.69, 9.17) is 4.74 Å². The average Bonchev–Trinajstić information content (AvgIpc) is 3.40. The highest BCUT2D eigenvalue weighted by Gasteiger charge is 2.22. The second kappa shape index (κ2) is 7.66. The monoisotopic (exact) mass is 316 g/mol. The highest BCUT2D eigenvalue weighted by Crippen LogP contribution is 2.29. The maximum atomic E-state index is 5.75. The molecule has 3 rings (SSSR count). The minimum atomic E-state index is 0.734. The topological polar surface area (TPSA) is 49.8 Å². The van der Waals surface area contributed by atoms with Gasteiger partial charge < -0.3 is 15.0 Å². The lowest BCUT2D eigenvalue weighted by Gasteiger charge is -2.32. The molecule has 0 amide bonds. The number of piperidine rings is 1. The lowest BCUT2D eigenvalue weighted by molar-refractivity contribution is 0.273. The molecule has 1 aromatic rings. The van der Waals surface area contributed by atoms with Crippen LogP contribution in [0.4, 0.5) is 0 Å². The van der Waals surface area contributed by atoms with Crippen molar-refractivity contribution in [3.8, 4) is 5.88 Å². The van der Waals surface area contributed by atoms with Gasteiger partial charge in [-0.3, -0.25) is 4.99 Å². The molecule has 1 aromatic heterocycles. The number of nitrogens with zero attached hydrogens (tertiary/aromatic N) is 3. The molecule has 1 aliphatic heterocycles. The van der Waals surface area contributed by atoms with E-state index in [1.807, 2.05) is 25.4 Å². The Morgan fingerprint density at radius 2 is 2.13 bits per heavy atom. The number of hydrogen-bond donors (Lipinski definition) is 1. The minimum Gasteiger partial charge on any atom is -0.477 e. The SMILES string of the molecule is CN=C(NCc1ccnc(OCC2CC2)c1)N1CCC(C)CC1. The first-order chi connectivity index (χ1) is 11.2. The third kappa shape index (κ3) is 4.85. The summed E-state index contributed by atoms with van der Waals surface area (Å²) in [5.41, 5.74) is 1.18. The van der Waals surface area contributed by atoms with E-state index in [2.05, 4.69) is 27.1 Å². The molecule has 1 N–H and O–H groups in total. The number of aromatic nitrogens is 1. The molecule has 2 fully saturated rings. The molecule has 1 saturated heterocycles. The van der Waals surface area contributed by atoms with Crippen molar-refractivity contribution in [2.24, 2.45) is 16.8 Å². The minimum absolute atomic E-state index is 0.734. The van der Waals surface area contributed by atoms with E-state index < -0.39 is 0 Å². The van der Waals surface area contributed by atoms with E-state index in [-0.39, 0.29) is 0 Å². The standard InChI is InChI=1S/C18H28N4O/c1-14-6-9-22(10-7-14)18(19-2)21-12-16-5-8-20-17(11-16)23-13-15-3-4-15/h5,8,11,14-15H,3-4,6-7,9-10,12-13H2,1-2H3,(H,19,21). The van der Waals surface area contributed by atoms with Crippen molar-refractivity contribution in [2.45, 2.75) is 39.2 Å². The van der Waals surface area contributed by atoms with Crippen LogP contribution in [-0.2, 0) is 6.54 Å². The summed E-state index contributed by atoms with van der Waals surface area (Å²) in [6, 6.07) is 4.06. The maximum absolute atomic E-state index is 5.75. The molecular weight excluding hydrogens is 288 g/mol. The van der Waals surface area contributed by atoms with Gasteiger partial charge in [-0.1, -0.05) is 6.92 Å². The van der Waals surface area contributed by atoms with Gasteiger partial charge in [0.2, 0.25) is 5.88 Å². The molecule has 0 radical (unpaired) electrons. The molecule has 1 saturated carbocycles. The largest absolute Gasteiger partial charge is 0.477 e. The number of aliphatic imine (C=N–C) groups is 1. The van der Waals surface area contributed by atoms with E-state index in [9.17, 15) is 0 Å². The van der Waals surface area contributed by atoms with Crippen molar-refractivity contribution in [1.29, 1.82) is 0 Å². The van der Waals surface area contributed by atoms with Gasteiger partial charge in [0.15, 0.2) is 5.96 Å². The number of nitrogens with one attached hydrogen (secondary N) is 1. The lowest BCUT2D eigenvalue weighted by Crippen LogP contribution is -2.45. The van der Waals surface area contributed by atoms with Gasteiger partial charge in [-0.25, -0.2) is 4.98 Å². The first kappa shape index (κ1) is 16.1. The van der Waals surface area contributed by atoms with Gasteiger partial charge in [0.25, 0.3) is 0 Å². The molecule has 2 aliphatic rings. The summed E-state index contributed by atoms with van der Waals surface area (Å²) in [6.45, 7) is 6.06. The zero-order valence-corrected chi connectivity index (χ0v) is 14.3. The van der Waals surface area contributed by atoms with Crippen molar-refractivity contribution in [1.82, 2.24) is 15.2 Å². The van der Waals surface area contributed by atoms with Crippen LogP contribution in [-0.4, -0.2) is 42.6 Å². The summed E-state index contributed by atoms with van der Waals surface area (Å²) >= 11 is 0. The van der Waals surface area contributed by atoms with Gasteiger partial charge in [-0.2, -0.15) is 0 Å². The number of guanidine groups is 1. The summed E-state index contributed by atoms with van der Waals surface area (Å²) in [5, 5.41) is 3.47. The van der Waals surface area contributed by atoms with Gasteiger partial charge >= 0.3 is 0 Å². The maximum Gasteiger partial charge on any atom is 0.213 e. The van der Waals surface area contributed by atoms with Crippen LogP contribution in [0.3, 0.4) is 0 Å². The lowest BCUT2D eigenvalue weighted by atomic mass is 10.00. The van der Waals surface area contributed by atoms with Gasteiger partial charge in [0, 0.05) is 38.9 Å². The third-order valence-electron chi connectivity index (χ3n) is 4.71. The van der Waals surface area contributed by atoms with Crippen LogP contribution in [0.15, 0.2) is 23.3 Å². The first-order valence-electron chi connectivity index (χ1n) is 8.78. The number of pyridine rings is 1. The number of likely N-dealkylation sites (tertiary alicyclic amines) is 1. The van der Waals surface area contributed by atoms with Crippen molar-refractivity contribution in [3.63, 3.8) is 0 Å². The molecule has 2 heterocycles. The second-order valence-corrected chi connectivity index (χ2v) is 6.83. The Kier molecular flexibility index (Phi) is 5.36. The fraction of sp³-hybridized carbons (Fsp3) is 0.667. The van der Waals surface area contributed by atoms with E-state index in [0.717, 1.165) is 49.9 Å². The Morgan fingerprint density at radius 1 is 1.35 bits per heavy atom. The van der Waals surface area contributed by atoms with Crippen LogP contribution < -0.4 is 10.1 Å². The molecule has 126 valence electrons. The quantitative estimate of drug-likeness (QED) is 0.670. The van der Waals surface area contributed by atoms with E-state index in [0.29, 0.717) is 0 Å². The van der Waals surface area contributed by atoms with Crippen LogP contribution >= 0.6 is 0 Å². The highest BCUT2D eigenvalue weighted by molar-refractivity contribution is 5.79. The van der Waals surface area contributed by atoms with E-state index in [1.165, 1.54) is 31.2 Å². The predicted molar refractivity (Wildman–Crippen MR) is 92.6 cm³/mol. The van der Waals surface area contributed by atoms with Crippen molar-refractivity contribution >= 4 is 5.96 Å². The zero-order chi connectivity index (χ0) is 16.1. The van der Waals surface area contributed by atoms with Crippen LogP contribution in [0.25, 0.3) is 0 Å². The summed E-state index contributed by atoms with van der Waals surface area (Å²) < 4.78 is 5.75. The van der Waals surface area contributed by atoms with Gasteiger partial charge in [-0.15, -0.1) is 0 Å². The number of ether oxygens (including phenoxy) is 1. The molecule has 0 bridgehead atoms.